The topological polar surface area (TPSA) is 73.6 Å². The zero-order valence-electron chi connectivity index (χ0n) is 15.6. The summed E-state index contributed by atoms with van der Waals surface area (Å²) >= 11 is 0. The molecule has 0 amide bonds. The van der Waals surface area contributed by atoms with Gasteiger partial charge in [-0.1, -0.05) is 18.2 Å². The number of pyridine rings is 1. The van der Waals surface area contributed by atoms with Gasteiger partial charge in [0, 0.05) is 36.5 Å². The molecule has 0 bridgehead atoms. The van der Waals surface area contributed by atoms with Gasteiger partial charge in [0.05, 0.1) is 11.9 Å². The van der Waals surface area contributed by atoms with Crippen molar-refractivity contribution < 1.29 is 9.18 Å². The third-order valence-electron chi connectivity index (χ3n) is 5.11. The van der Waals surface area contributed by atoms with Gasteiger partial charge in [-0.05, 0) is 36.6 Å². The van der Waals surface area contributed by atoms with E-state index in [1.807, 2.05) is 12.1 Å². The third-order valence-corrected chi connectivity index (χ3v) is 5.11. The van der Waals surface area contributed by atoms with Crippen LogP contribution in [0.4, 0.5) is 4.39 Å². The van der Waals surface area contributed by atoms with Crippen LogP contribution in [-0.4, -0.2) is 30.5 Å². The van der Waals surface area contributed by atoms with Crippen LogP contribution in [0.3, 0.4) is 0 Å². The van der Waals surface area contributed by atoms with Crippen molar-refractivity contribution in [3.05, 3.63) is 71.9 Å². The van der Waals surface area contributed by atoms with E-state index in [1.165, 1.54) is 6.07 Å². The number of rotatable bonds is 6. The van der Waals surface area contributed by atoms with Gasteiger partial charge in [-0.25, -0.2) is 24.0 Å². The van der Waals surface area contributed by atoms with E-state index in [2.05, 4.69) is 20.1 Å². The Morgan fingerprint density at radius 3 is 2.62 bits per heavy atom. The minimum atomic E-state index is -0.283. The van der Waals surface area contributed by atoms with Crippen LogP contribution in [0, 0.1) is 11.7 Å². The van der Waals surface area contributed by atoms with Gasteiger partial charge >= 0.3 is 0 Å². The van der Waals surface area contributed by atoms with E-state index in [-0.39, 0.29) is 24.1 Å². The Morgan fingerprint density at radius 1 is 1.07 bits per heavy atom. The number of hydrogen-bond donors (Lipinski definition) is 0. The highest BCUT2D eigenvalue weighted by atomic mass is 19.1. The molecule has 144 valence electrons. The van der Waals surface area contributed by atoms with Crippen LogP contribution < -0.4 is 0 Å². The van der Waals surface area contributed by atoms with Crippen LogP contribution in [-0.2, 0) is 17.8 Å². The van der Waals surface area contributed by atoms with E-state index in [4.69, 9.17) is 0 Å². The molecule has 7 heteroatoms. The van der Waals surface area contributed by atoms with Crippen LogP contribution >= 0.6 is 0 Å². The van der Waals surface area contributed by atoms with Gasteiger partial charge in [0.2, 0.25) is 0 Å². The molecule has 0 N–H and O–H groups in total. The molecule has 1 aliphatic carbocycles. The van der Waals surface area contributed by atoms with Crippen LogP contribution in [0.5, 0.6) is 0 Å². The fraction of sp³-hybridized carbons (Fsp3) is 0.227. The van der Waals surface area contributed by atoms with Crippen molar-refractivity contribution >= 4 is 16.8 Å². The second-order valence-corrected chi connectivity index (χ2v) is 7.30. The van der Waals surface area contributed by atoms with Crippen LogP contribution in [0.2, 0.25) is 0 Å². The highest BCUT2D eigenvalue weighted by Crippen LogP contribution is 2.31. The predicted molar refractivity (Wildman–Crippen MR) is 105 cm³/mol. The van der Waals surface area contributed by atoms with Crippen molar-refractivity contribution in [1.29, 1.82) is 0 Å². The summed E-state index contributed by atoms with van der Waals surface area (Å²) in [6, 6.07) is 10.3. The molecule has 0 unspecified atom stereocenters. The molecule has 0 saturated heterocycles. The lowest BCUT2D eigenvalue weighted by atomic mass is 10.1. The van der Waals surface area contributed by atoms with Gasteiger partial charge < -0.3 is 0 Å². The smallest absolute Gasteiger partial charge is 0.180 e. The average molecular weight is 387 g/mol. The van der Waals surface area contributed by atoms with E-state index in [1.54, 1.807) is 41.5 Å². The number of carbonyl (C=O) groups excluding carboxylic acids is 1. The highest BCUT2D eigenvalue weighted by molar-refractivity contribution is 5.89. The Kier molecular flexibility index (Phi) is 4.35. The molecule has 4 aromatic rings. The minimum absolute atomic E-state index is 0.221. The standard InChI is InChI=1S/C22H18FN5O/c23-18-6-2-1-4-16(18)13-28-22-17(5-3-9-24-22)20(27-28)21-25-11-14(12-26-21)10-19(29)15-7-8-15/h1-6,9,11-12,15H,7-8,10,13H2. The maximum Gasteiger partial charge on any atom is 0.180 e. The number of fused-ring (bicyclic) bond motifs is 1. The summed E-state index contributed by atoms with van der Waals surface area (Å²) < 4.78 is 15.8. The summed E-state index contributed by atoms with van der Waals surface area (Å²) in [7, 11) is 0. The Morgan fingerprint density at radius 2 is 1.86 bits per heavy atom. The van der Waals surface area contributed by atoms with E-state index < -0.39 is 0 Å². The van der Waals surface area contributed by atoms with Crippen LogP contribution in [0.1, 0.15) is 24.0 Å². The first-order valence-electron chi connectivity index (χ1n) is 9.58. The first-order chi connectivity index (χ1) is 14.2. The number of halogens is 1. The second kappa shape index (κ2) is 7.16. The SMILES string of the molecule is O=C(Cc1cnc(-c2nn(Cc3ccccc3F)c3ncccc23)nc1)C1CC1. The lowest BCUT2D eigenvalue weighted by Gasteiger charge is -2.04. The van der Waals surface area contributed by atoms with Crippen molar-refractivity contribution in [1.82, 2.24) is 24.7 Å². The quantitative estimate of drug-likeness (QED) is 0.505. The summed E-state index contributed by atoms with van der Waals surface area (Å²) in [5.41, 5.74) is 2.56. The Hall–Kier alpha value is -3.48. The molecule has 0 radical (unpaired) electrons. The number of aromatic nitrogens is 5. The monoisotopic (exact) mass is 387 g/mol. The fourth-order valence-electron chi connectivity index (χ4n) is 3.39. The fourth-order valence-corrected chi connectivity index (χ4v) is 3.39. The maximum absolute atomic E-state index is 14.1. The van der Waals surface area contributed by atoms with Gasteiger partial charge in [-0.15, -0.1) is 0 Å². The summed E-state index contributed by atoms with van der Waals surface area (Å²) in [6.45, 7) is 0.258. The molecule has 29 heavy (non-hydrogen) atoms. The Balaban J connectivity index is 1.48. The maximum atomic E-state index is 14.1. The van der Waals surface area contributed by atoms with Crippen molar-refractivity contribution in [3.8, 4) is 11.5 Å². The number of carbonyl (C=O) groups is 1. The molecule has 1 aromatic carbocycles. The van der Waals surface area contributed by atoms with Gasteiger partial charge in [-0.3, -0.25) is 4.79 Å². The van der Waals surface area contributed by atoms with Crippen molar-refractivity contribution in [2.45, 2.75) is 25.8 Å². The minimum Gasteiger partial charge on any atom is -0.299 e. The first-order valence-corrected chi connectivity index (χ1v) is 9.58. The number of hydrogen-bond acceptors (Lipinski definition) is 5. The van der Waals surface area contributed by atoms with E-state index in [0.29, 0.717) is 29.1 Å². The Bertz CT molecular complexity index is 1200. The lowest BCUT2D eigenvalue weighted by Crippen LogP contribution is -2.06. The molecule has 0 aliphatic heterocycles. The van der Waals surface area contributed by atoms with Gasteiger partial charge in [0.25, 0.3) is 0 Å². The molecule has 1 aliphatic rings. The molecule has 5 rings (SSSR count). The summed E-state index contributed by atoms with van der Waals surface area (Å²) in [6.07, 6.45) is 7.40. The molecular formula is C22H18FN5O. The summed E-state index contributed by atoms with van der Waals surface area (Å²) in [5, 5.41) is 5.42. The molecule has 6 nitrogen and oxygen atoms in total. The van der Waals surface area contributed by atoms with E-state index in [9.17, 15) is 9.18 Å². The normalized spacial score (nSPS) is 13.7. The van der Waals surface area contributed by atoms with E-state index >= 15 is 0 Å². The Labute approximate surface area is 166 Å². The van der Waals surface area contributed by atoms with Crippen LogP contribution in [0.25, 0.3) is 22.6 Å². The number of nitrogens with zero attached hydrogens (tertiary/aromatic N) is 5. The van der Waals surface area contributed by atoms with Crippen molar-refractivity contribution in [3.63, 3.8) is 0 Å². The average Bonchev–Trinajstić information content (AvgIpc) is 3.54. The molecule has 0 spiro atoms. The van der Waals surface area contributed by atoms with E-state index in [0.717, 1.165) is 23.8 Å². The number of benzene rings is 1. The molecule has 1 saturated carbocycles. The highest BCUT2D eigenvalue weighted by Gasteiger charge is 2.29. The summed E-state index contributed by atoms with van der Waals surface area (Å²) in [5.74, 6) is 0.649. The number of ketones is 1. The molecule has 3 aromatic heterocycles. The van der Waals surface area contributed by atoms with Gasteiger partial charge in [0.15, 0.2) is 11.5 Å². The summed E-state index contributed by atoms with van der Waals surface area (Å²) in [4.78, 5) is 25.3. The van der Waals surface area contributed by atoms with Gasteiger partial charge in [-0.2, -0.15) is 5.10 Å². The zero-order chi connectivity index (χ0) is 19.8. The largest absolute Gasteiger partial charge is 0.299 e. The van der Waals surface area contributed by atoms with Crippen molar-refractivity contribution in [2.75, 3.05) is 0 Å². The second-order valence-electron chi connectivity index (χ2n) is 7.30. The number of Topliss-reactive ketones (excluding diaryl/α,β-unsaturated/α-hetero) is 1. The lowest BCUT2D eigenvalue weighted by molar-refractivity contribution is -0.119. The predicted octanol–water partition coefficient (Wildman–Crippen LogP) is 3.60. The zero-order valence-corrected chi connectivity index (χ0v) is 15.6. The molecule has 3 heterocycles. The van der Waals surface area contributed by atoms with Crippen LogP contribution in [0.15, 0.2) is 55.0 Å². The molecular weight excluding hydrogens is 369 g/mol. The van der Waals surface area contributed by atoms with Gasteiger partial charge in [0.1, 0.15) is 17.3 Å². The first kappa shape index (κ1) is 17.6. The van der Waals surface area contributed by atoms with Crippen molar-refractivity contribution in [2.24, 2.45) is 5.92 Å². The molecule has 1 fully saturated rings. The molecule has 0 atom stereocenters. The third kappa shape index (κ3) is 3.51.